The van der Waals surface area contributed by atoms with E-state index in [2.05, 4.69) is 15.9 Å². The smallest absolute Gasteiger partial charge is 0.334 e. The minimum atomic E-state index is -1.06. The maximum absolute atomic E-state index is 12.3. The number of aliphatic carboxylic acids is 1. The van der Waals surface area contributed by atoms with Crippen molar-refractivity contribution in [2.75, 3.05) is 19.7 Å². The van der Waals surface area contributed by atoms with Crippen molar-refractivity contribution in [1.82, 2.24) is 4.90 Å². The number of nitrogens with zero attached hydrogens (tertiary/aromatic N) is 1. The van der Waals surface area contributed by atoms with Gasteiger partial charge >= 0.3 is 5.97 Å². The first kappa shape index (κ1) is 15.8. The monoisotopic (exact) mass is 357 g/mol. The molecule has 1 saturated heterocycles. The average Bonchev–Trinajstić information content (AvgIpc) is 2.46. The minimum absolute atomic E-state index is 0.0420. The van der Waals surface area contributed by atoms with E-state index in [1.54, 1.807) is 19.1 Å². The third-order valence-corrected chi connectivity index (χ3v) is 3.60. The SMILES string of the molecule is CC(Oc1cccc(Br)c1)C(=O)N1CCOC(C(=O)O)C1. The maximum Gasteiger partial charge on any atom is 0.334 e. The molecule has 1 aliphatic heterocycles. The molecule has 2 atom stereocenters. The van der Waals surface area contributed by atoms with Gasteiger partial charge in [0.2, 0.25) is 0 Å². The van der Waals surface area contributed by atoms with Crippen molar-refractivity contribution in [3.05, 3.63) is 28.7 Å². The van der Waals surface area contributed by atoms with Gasteiger partial charge in [-0.2, -0.15) is 0 Å². The predicted octanol–water partition coefficient (Wildman–Crippen LogP) is 1.53. The first-order valence-electron chi connectivity index (χ1n) is 6.53. The molecule has 1 heterocycles. The minimum Gasteiger partial charge on any atom is -0.481 e. The zero-order chi connectivity index (χ0) is 15.4. The molecular weight excluding hydrogens is 342 g/mol. The number of hydrogen-bond donors (Lipinski definition) is 1. The molecule has 7 heteroatoms. The molecule has 21 heavy (non-hydrogen) atoms. The number of benzene rings is 1. The van der Waals surface area contributed by atoms with Crippen LogP contribution in [0.3, 0.4) is 0 Å². The molecule has 1 N–H and O–H groups in total. The Morgan fingerprint density at radius 2 is 2.29 bits per heavy atom. The summed E-state index contributed by atoms with van der Waals surface area (Å²) in [5.74, 6) is -0.731. The fourth-order valence-electron chi connectivity index (χ4n) is 2.05. The summed E-state index contributed by atoms with van der Waals surface area (Å²) in [6, 6.07) is 7.20. The number of halogens is 1. The van der Waals surface area contributed by atoms with E-state index in [9.17, 15) is 9.59 Å². The summed E-state index contributed by atoms with van der Waals surface area (Å²) in [5, 5.41) is 8.94. The second kappa shape index (κ2) is 6.91. The lowest BCUT2D eigenvalue weighted by atomic mass is 10.2. The molecule has 0 radical (unpaired) electrons. The van der Waals surface area contributed by atoms with Crippen LogP contribution in [0.15, 0.2) is 28.7 Å². The number of hydrogen-bond acceptors (Lipinski definition) is 4. The molecule has 1 aliphatic rings. The maximum atomic E-state index is 12.3. The van der Waals surface area contributed by atoms with Crippen LogP contribution in [-0.2, 0) is 14.3 Å². The molecule has 1 aromatic carbocycles. The van der Waals surface area contributed by atoms with Crippen LogP contribution in [0.25, 0.3) is 0 Å². The summed E-state index contributed by atoms with van der Waals surface area (Å²) in [7, 11) is 0. The number of carbonyl (C=O) groups excluding carboxylic acids is 1. The van der Waals surface area contributed by atoms with Gasteiger partial charge in [-0.25, -0.2) is 4.79 Å². The van der Waals surface area contributed by atoms with Crippen LogP contribution < -0.4 is 4.74 Å². The standard InChI is InChI=1S/C14H16BrNO5/c1-9(21-11-4-2-3-10(15)7-11)13(17)16-5-6-20-12(8-16)14(18)19/h2-4,7,9,12H,5-6,8H2,1H3,(H,18,19). The number of morpholine rings is 1. The van der Waals surface area contributed by atoms with E-state index in [1.807, 2.05) is 12.1 Å². The average molecular weight is 358 g/mol. The highest BCUT2D eigenvalue weighted by Crippen LogP contribution is 2.19. The van der Waals surface area contributed by atoms with Gasteiger partial charge in [-0.15, -0.1) is 0 Å². The highest BCUT2D eigenvalue weighted by molar-refractivity contribution is 9.10. The van der Waals surface area contributed by atoms with Crippen LogP contribution in [0.2, 0.25) is 0 Å². The van der Waals surface area contributed by atoms with E-state index in [0.717, 1.165) is 4.47 Å². The van der Waals surface area contributed by atoms with Crippen LogP contribution in [0.1, 0.15) is 6.92 Å². The number of carboxylic acids is 1. The Bertz CT molecular complexity index is 536. The van der Waals surface area contributed by atoms with Crippen LogP contribution in [-0.4, -0.2) is 53.8 Å². The quantitative estimate of drug-likeness (QED) is 0.884. The van der Waals surface area contributed by atoms with Gasteiger partial charge in [0, 0.05) is 11.0 Å². The molecule has 2 unspecified atom stereocenters. The number of amides is 1. The molecular formula is C14H16BrNO5. The first-order valence-corrected chi connectivity index (χ1v) is 7.32. The van der Waals surface area contributed by atoms with Gasteiger partial charge in [-0.05, 0) is 25.1 Å². The lowest BCUT2D eigenvalue weighted by Gasteiger charge is -2.32. The fraction of sp³-hybridized carbons (Fsp3) is 0.429. The molecule has 6 nitrogen and oxygen atoms in total. The van der Waals surface area contributed by atoms with Crippen molar-refractivity contribution >= 4 is 27.8 Å². The van der Waals surface area contributed by atoms with E-state index < -0.39 is 18.2 Å². The van der Waals surface area contributed by atoms with Gasteiger partial charge in [0.25, 0.3) is 5.91 Å². The third kappa shape index (κ3) is 4.18. The van der Waals surface area contributed by atoms with E-state index in [1.165, 1.54) is 4.90 Å². The molecule has 0 aromatic heterocycles. The van der Waals surface area contributed by atoms with Gasteiger partial charge in [0.15, 0.2) is 12.2 Å². The molecule has 0 spiro atoms. The van der Waals surface area contributed by atoms with Crippen molar-refractivity contribution in [1.29, 1.82) is 0 Å². The molecule has 0 aliphatic carbocycles. The second-order valence-corrected chi connectivity index (χ2v) is 5.62. The topological polar surface area (TPSA) is 76.1 Å². The van der Waals surface area contributed by atoms with Crippen LogP contribution in [0.5, 0.6) is 5.75 Å². The van der Waals surface area contributed by atoms with E-state index >= 15 is 0 Å². The third-order valence-electron chi connectivity index (χ3n) is 3.11. The van der Waals surface area contributed by atoms with Gasteiger partial charge in [0.1, 0.15) is 5.75 Å². The van der Waals surface area contributed by atoms with Crippen molar-refractivity contribution in [2.45, 2.75) is 19.1 Å². The summed E-state index contributed by atoms with van der Waals surface area (Å²) in [6.45, 7) is 2.27. The Morgan fingerprint density at radius 1 is 1.52 bits per heavy atom. The van der Waals surface area contributed by atoms with Gasteiger partial charge in [0.05, 0.1) is 13.2 Å². The molecule has 2 rings (SSSR count). The summed E-state index contributed by atoms with van der Waals surface area (Å²) in [6.07, 6.45) is -1.66. The molecule has 1 fully saturated rings. The number of ether oxygens (including phenoxy) is 2. The molecule has 114 valence electrons. The number of carboxylic acid groups (broad SMARTS) is 1. The highest BCUT2D eigenvalue weighted by Gasteiger charge is 2.31. The number of rotatable bonds is 4. The van der Waals surface area contributed by atoms with Crippen molar-refractivity contribution in [2.24, 2.45) is 0 Å². The summed E-state index contributed by atoms with van der Waals surface area (Å²) in [4.78, 5) is 24.7. The molecule has 0 saturated carbocycles. The van der Waals surface area contributed by atoms with Crippen LogP contribution in [0, 0.1) is 0 Å². The van der Waals surface area contributed by atoms with Crippen LogP contribution in [0.4, 0.5) is 0 Å². The van der Waals surface area contributed by atoms with Crippen molar-refractivity contribution in [3.63, 3.8) is 0 Å². The van der Waals surface area contributed by atoms with Crippen molar-refractivity contribution in [3.8, 4) is 5.75 Å². The summed E-state index contributed by atoms with van der Waals surface area (Å²) in [5.41, 5.74) is 0. The Hall–Kier alpha value is -1.60. The Labute approximate surface area is 130 Å². The Kier molecular flexibility index (Phi) is 5.19. The zero-order valence-electron chi connectivity index (χ0n) is 11.5. The van der Waals surface area contributed by atoms with Crippen LogP contribution >= 0.6 is 15.9 Å². The normalized spacial score (nSPS) is 19.9. The Balaban J connectivity index is 1.97. The number of carbonyl (C=O) groups is 2. The molecule has 1 aromatic rings. The lowest BCUT2D eigenvalue weighted by Crippen LogP contribution is -2.51. The first-order chi connectivity index (χ1) is 9.97. The molecule has 1 amide bonds. The Morgan fingerprint density at radius 3 is 2.95 bits per heavy atom. The van der Waals surface area contributed by atoms with Gasteiger partial charge in [-0.1, -0.05) is 22.0 Å². The largest absolute Gasteiger partial charge is 0.481 e. The fourth-order valence-corrected chi connectivity index (χ4v) is 2.43. The van der Waals surface area contributed by atoms with E-state index in [-0.39, 0.29) is 19.1 Å². The van der Waals surface area contributed by atoms with E-state index in [0.29, 0.717) is 12.3 Å². The zero-order valence-corrected chi connectivity index (χ0v) is 13.1. The van der Waals surface area contributed by atoms with Gasteiger partial charge < -0.3 is 19.5 Å². The lowest BCUT2D eigenvalue weighted by molar-refractivity contribution is -0.161. The summed E-state index contributed by atoms with van der Waals surface area (Å²) >= 11 is 3.33. The van der Waals surface area contributed by atoms with Crippen molar-refractivity contribution < 1.29 is 24.2 Å². The van der Waals surface area contributed by atoms with E-state index in [4.69, 9.17) is 14.6 Å². The predicted molar refractivity (Wildman–Crippen MR) is 78.2 cm³/mol. The summed E-state index contributed by atoms with van der Waals surface area (Å²) < 4.78 is 11.5. The second-order valence-electron chi connectivity index (χ2n) is 4.70. The highest BCUT2D eigenvalue weighted by atomic mass is 79.9. The molecule has 0 bridgehead atoms. The van der Waals surface area contributed by atoms with Gasteiger partial charge in [-0.3, -0.25) is 4.79 Å².